The topological polar surface area (TPSA) is 83.4 Å². The molecular formula is C14H19N3O3. The summed E-state index contributed by atoms with van der Waals surface area (Å²) in [7, 11) is 3.22. The molecular weight excluding hydrogens is 258 g/mol. The van der Waals surface area contributed by atoms with Crippen molar-refractivity contribution in [3.8, 4) is 11.5 Å². The van der Waals surface area contributed by atoms with Gasteiger partial charge in [-0.25, -0.2) is 0 Å². The molecule has 0 bridgehead atoms. The second-order valence-corrected chi connectivity index (χ2v) is 4.36. The first-order valence-electron chi connectivity index (χ1n) is 6.49. The van der Waals surface area contributed by atoms with E-state index < -0.39 is 0 Å². The van der Waals surface area contributed by atoms with Crippen molar-refractivity contribution in [3.63, 3.8) is 0 Å². The lowest BCUT2D eigenvalue weighted by Crippen LogP contribution is -2.01. The molecule has 0 aliphatic carbocycles. The normalized spacial score (nSPS) is 10.6. The van der Waals surface area contributed by atoms with Crippen molar-refractivity contribution in [2.24, 2.45) is 5.73 Å². The van der Waals surface area contributed by atoms with Gasteiger partial charge in [0.25, 0.3) is 0 Å². The van der Waals surface area contributed by atoms with Crippen LogP contribution in [0.1, 0.15) is 23.7 Å². The molecule has 0 spiro atoms. The molecule has 2 rings (SSSR count). The summed E-state index contributed by atoms with van der Waals surface area (Å²) >= 11 is 0. The smallest absolute Gasteiger partial charge is 0.231 e. The number of nitrogens with zero attached hydrogens (tertiary/aromatic N) is 2. The Morgan fingerprint density at radius 3 is 2.70 bits per heavy atom. The van der Waals surface area contributed by atoms with Gasteiger partial charge in [-0.1, -0.05) is 11.2 Å². The van der Waals surface area contributed by atoms with Crippen molar-refractivity contribution in [3.05, 3.63) is 35.5 Å². The fraction of sp³-hybridized carbons (Fsp3) is 0.429. The maximum atomic E-state index is 5.45. The molecule has 2 N–H and O–H groups in total. The molecule has 108 valence electrons. The zero-order chi connectivity index (χ0) is 14.4. The van der Waals surface area contributed by atoms with Crippen molar-refractivity contribution < 1.29 is 14.0 Å². The minimum absolute atomic E-state index is 0.565. The highest BCUT2D eigenvalue weighted by atomic mass is 16.5. The number of aryl methyl sites for hydroxylation is 1. The van der Waals surface area contributed by atoms with Gasteiger partial charge < -0.3 is 19.7 Å². The van der Waals surface area contributed by atoms with E-state index in [4.69, 9.17) is 19.7 Å². The van der Waals surface area contributed by atoms with Gasteiger partial charge in [0.15, 0.2) is 17.3 Å². The van der Waals surface area contributed by atoms with E-state index in [0.717, 1.165) is 18.4 Å². The van der Waals surface area contributed by atoms with Crippen LogP contribution in [0.15, 0.2) is 22.7 Å². The SMILES string of the molecule is COc1ccc(Cc2nc(CCCN)no2)cc1OC. The second-order valence-electron chi connectivity index (χ2n) is 4.36. The third kappa shape index (κ3) is 3.48. The zero-order valence-electron chi connectivity index (χ0n) is 11.8. The fourth-order valence-corrected chi connectivity index (χ4v) is 1.89. The van der Waals surface area contributed by atoms with Crippen molar-refractivity contribution in [1.29, 1.82) is 0 Å². The molecule has 0 saturated heterocycles. The monoisotopic (exact) mass is 277 g/mol. The summed E-state index contributed by atoms with van der Waals surface area (Å²) in [6.45, 7) is 0.625. The van der Waals surface area contributed by atoms with Gasteiger partial charge in [0.1, 0.15) is 0 Å². The first kappa shape index (κ1) is 14.3. The van der Waals surface area contributed by atoms with Crippen LogP contribution >= 0.6 is 0 Å². The largest absolute Gasteiger partial charge is 0.493 e. The Balaban J connectivity index is 2.07. The lowest BCUT2D eigenvalue weighted by Gasteiger charge is -2.08. The molecule has 0 fully saturated rings. The van der Waals surface area contributed by atoms with Crippen molar-refractivity contribution in [2.45, 2.75) is 19.3 Å². The van der Waals surface area contributed by atoms with E-state index in [0.29, 0.717) is 36.2 Å². The molecule has 20 heavy (non-hydrogen) atoms. The van der Waals surface area contributed by atoms with Crippen molar-refractivity contribution >= 4 is 0 Å². The Morgan fingerprint density at radius 1 is 1.20 bits per heavy atom. The Hall–Kier alpha value is -2.08. The summed E-state index contributed by atoms with van der Waals surface area (Å²) in [5, 5.41) is 3.93. The molecule has 0 aliphatic rings. The van der Waals surface area contributed by atoms with E-state index in [1.54, 1.807) is 14.2 Å². The summed E-state index contributed by atoms with van der Waals surface area (Å²) in [5.41, 5.74) is 6.48. The van der Waals surface area contributed by atoms with Crippen LogP contribution in [0, 0.1) is 0 Å². The quantitative estimate of drug-likeness (QED) is 0.827. The fourth-order valence-electron chi connectivity index (χ4n) is 1.89. The van der Waals surface area contributed by atoms with Gasteiger partial charge in [0.05, 0.1) is 20.6 Å². The molecule has 2 aromatic rings. The number of aromatic nitrogens is 2. The standard InChI is InChI=1S/C14H19N3O3/c1-18-11-6-5-10(8-12(11)19-2)9-14-16-13(17-20-14)4-3-7-15/h5-6,8H,3-4,7,9,15H2,1-2H3. The number of nitrogens with two attached hydrogens (primary N) is 1. The maximum Gasteiger partial charge on any atom is 0.231 e. The van der Waals surface area contributed by atoms with Gasteiger partial charge >= 0.3 is 0 Å². The van der Waals surface area contributed by atoms with Crippen LogP contribution in [0.3, 0.4) is 0 Å². The van der Waals surface area contributed by atoms with Crippen LogP contribution in [-0.2, 0) is 12.8 Å². The Morgan fingerprint density at radius 2 is 2.00 bits per heavy atom. The minimum atomic E-state index is 0.565. The summed E-state index contributed by atoms with van der Waals surface area (Å²) < 4.78 is 15.7. The van der Waals surface area contributed by atoms with E-state index in [-0.39, 0.29) is 0 Å². The van der Waals surface area contributed by atoms with E-state index in [1.807, 2.05) is 18.2 Å². The average Bonchev–Trinajstić information content (AvgIpc) is 2.92. The molecule has 1 aromatic carbocycles. The summed E-state index contributed by atoms with van der Waals surface area (Å²) in [5.74, 6) is 2.67. The number of hydrogen-bond donors (Lipinski definition) is 1. The second kappa shape index (κ2) is 6.91. The molecule has 0 unspecified atom stereocenters. The summed E-state index contributed by atoms with van der Waals surface area (Å²) in [6.07, 6.45) is 2.16. The third-order valence-electron chi connectivity index (χ3n) is 2.92. The molecule has 0 atom stereocenters. The lowest BCUT2D eigenvalue weighted by molar-refractivity contribution is 0.354. The van der Waals surface area contributed by atoms with Gasteiger partial charge in [-0.2, -0.15) is 4.98 Å². The number of rotatable bonds is 7. The number of benzene rings is 1. The van der Waals surface area contributed by atoms with Gasteiger partial charge in [0.2, 0.25) is 5.89 Å². The molecule has 0 amide bonds. The number of ether oxygens (including phenoxy) is 2. The van der Waals surface area contributed by atoms with Gasteiger partial charge in [-0.3, -0.25) is 0 Å². The number of methoxy groups -OCH3 is 2. The maximum absolute atomic E-state index is 5.45. The molecule has 6 nitrogen and oxygen atoms in total. The van der Waals surface area contributed by atoms with Crippen molar-refractivity contribution in [2.75, 3.05) is 20.8 Å². The molecule has 1 aromatic heterocycles. The van der Waals surface area contributed by atoms with Crippen LogP contribution in [0.5, 0.6) is 11.5 Å². The van der Waals surface area contributed by atoms with E-state index in [2.05, 4.69) is 10.1 Å². The predicted octanol–water partition coefficient (Wildman–Crippen LogP) is 1.57. The van der Waals surface area contributed by atoms with E-state index in [1.165, 1.54) is 0 Å². The van der Waals surface area contributed by atoms with Crippen LogP contribution in [-0.4, -0.2) is 30.9 Å². The average molecular weight is 277 g/mol. The van der Waals surface area contributed by atoms with Gasteiger partial charge in [-0.15, -0.1) is 0 Å². The molecule has 0 aliphatic heterocycles. The van der Waals surface area contributed by atoms with E-state index >= 15 is 0 Å². The molecule has 1 heterocycles. The summed E-state index contributed by atoms with van der Waals surface area (Å²) in [4.78, 5) is 4.34. The highest BCUT2D eigenvalue weighted by molar-refractivity contribution is 5.43. The predicted molar refractivity (Wildman–Crippen MR) is 74.0 cm³/mol. The highest BCUT2D eigenvalue weighted by Crippen LogP contribution is 2.28. The number of hydrogen-bond acceptors (Lipinski definition) is 6. The first-order valence-corrected chi connectivity index (χ1v) is 6.49. The van der Waals surface area contributed by atoms with Gasteiger partial charge in [0, 0.05) is 6.42 Å². The van der Waals surface area contributed by atoms with Crippen LogP contribution in [0.25, 0.3) is 0 Å². The van der Waals surface area contributed by atoms with Crippen LogP contribution < -0.4 is 15.2 Å². The lowest BCUT2D eigenvalue weighted by atomic mass is 10.1. The summed E-state index contributed by atoms with van der Waals surface area (Å²) in [6, 6.07) is 5.72. The van der Waals surface area contributed by atoms with Crippen molar-refractivity contribution in [1.82, 2.24) is 10.1 Å². The molecule has 0 saturated carbocycles. The minimum Gasteiger partial charge on any atom is -0.493 e. The molecule has 6 heteroatoms. The van der Waals surface area contributed by atoms with Crippen LogP contribution in [0.4, 0.5) is 0 Å². The Bertz CT molecular complexity index is 554. The molecule has 0 radical (unpaired) electrons. The van der Waals surface area contributed by atoms with E-state index in [9.17, 15) is 0 Å². The van der Waals surface area contributed by atoms with Gasteiger partial charge in [-0.05, 0) is 30.7 Å². The third-order valence-corrected chi connectivity index (χ3v) is 2.92. The Kier molecular flexibility index (Phi) is 4.95. The van der Waals surface area contributed by atoms with Crippen LogP contribution in [0.2, 0.25) is 0 Å². The zero-order valence-corrected chi connectivity index (χ0v) is 11.8. The Labute approximate surface area is 117 Å². The first-order chi connectivity index (χ1) is 9.76. The highest BCUT2D eigenvalue weighted by Gasteiger charge is 2.09.